The molecule has 0 saturated carbocycles. The molecule has 1 aromatic carbocycles. The van der Waals surface area contributed by atoms with Crippen molar-refractivity contribution in [2.45, 2.75) is 6.92 Å². The van der Waals surface area contributed by atoms with Crippen LogP contribution in [0.25, 0.3) is 0 Å². The zero-order valence-corrected chi connectivity index (χ0v) is 12.4. The van der Waals surface area contributed by atoms with Crippen molar-refractivity contribution < 1.29 is 23.5 Å². The summed E-state index contributed by atoms with van der Waals surface area (Å²) in [5.74, 6) is -3.34. The van der Waals surface area contributed by atoms with E-state index in [9.17, 15) is 18.4 Å². The van der Waals surface area contributed by atoms with E-state index in [0.717, 1.165) is 17.0 Å². The van der Waals surface area contributed by atoms with Crippen LogP contribution in [0.3, 0.4) is 0 Å². The van der Waals surface area contributed by atoms with Gasteiger partial charge in [0.25, 0.3) is 0 Å². The third-order valence-electron chi connectivity index (χ3n) is 2.55. The molecule has 0 radical (unpaired) electrons. The molecule has 20 heavy (non-hydrogen) atoms. The average molecular weight is 351 g/mol. The molecule has 1 atom stereocenters. The summed E-state index contributed by atoms with van der Waals surface area (Å²) in [6.07, 6.45) is 0. The molecule has 0 aliphatic carbocycles. The van der Waals surface area contributed by atoms with Crippen LogP contribution >= 0.6 is 15.9 Å². The van der Waals surface area contributed by atoms with Crippen molar-refractivity contribution in [3.8, 4) is 0 Å². The number of carboxylic acids is 1. The van der Waals surface area contributed by atoms with Gasteiger partial charge in [0.2, 0.25) is 0 Å². The Morgan fingerprint density at radius 2 is 2.05 bits per heavy atom. The summed E-state index contributed by atoms with van der Waals surface area (Å²) in [6.45, 7) is 1.38. The van der Waals surface area contributed by atoms with E-state index in [1.165, 1.54) is 14.0 Å². The van der Waals surface area contributed by atoms with Gasteiger partial charge in [0.05, 0.1) is 16.1 Å². The molecule has 110 valence electrons. The maximum Gasteiger partial charge on any atom is 0.321 e. The Balaban J connectivity index is 2.78. The topological polar surface area (TPSA) is 69.6 Å². The first-order chi connectivity index (χ1) is 9.22. The minimum Gasteiger partial charge on any atom is -0.481 e. The number of anilines is 1. The number of hydrogen-bond donors (Lipinski definition) is 2. The molecule has 5 nitrogen and oxygen atoms in total. The van der Waals surface area contributed by atoms with E-state index in [-0.39, 0.29) is 16.7 Å². The number of urea groups is 1. The van der Waals surface area contributed by atoms with Gasteiger partial charge in [-0.3, -0.25) is 4.79 Å². The lowest BCUT2D eigenvalue weighted by molar-refractivity contribution is -0.141. The number of nitrogens with one attached hydrogen (secondary N) is 1. The lowest BCUT2D eigenvalue weighted by atomic mass is 10.2. The number of carbonyl (C=O) groups excluding carboxylic acids is 1. The van der Waals surface area contributed by atoms with Gasteiger partial charge in [-0.25, -0.2) is 13.6 Å². The maximum atomic E-state index is 13.7. The molecule has 1 unspecified atom stereocenters. The lowest BCUT2D eigenvalue weighted by Crippen LogP contribution is -2.36. The molecule has 2 N–H and O–H groups in total. The van der Waals surface area contributed by atoms with Crippen LogP contribution in [0.15, 0.2) is 16.6 Å². The number of benzene rings is 1. The van der Waals surface area contributed by atoms with E-state index in [4.69, 9.17) is 5.11 Å². The Morgan fingerprint density at radius 1 is 1.45 bits per heavy atom. The van der Waals surface area contributed by atoms with E-state index in [0.29, 0.717) is 0 Å². The summed E-state index contributed by atoms with van der Waals surface area (Å²) in [5, 5.41) is 10.9. The predicted molar refractivity (Wildman–Crippen MR) is 72.5 cm³/mol. The molecule has 0 aromatic heterocycles. The van der Waals surface area contributed by atoms with Gasteiger partial charge in [-0.05, 0) is 22.0 Å². The van der Waals surface area contributed by atoms with Crippen molar-refractivity contribution in [3.05, 3.63) is 28.2 Å². The first-order valence-corrected chi connectivity index (χ1v) is 6.41. The summed E-state index contributed by atoms with van der Waals surface area (Å²) >= 11 is 2.83. The molecule has 1 aromatic rings. The number of halogens is 3. The van der Waals surface area contributed by atoms with Crippen LogP contribution in [0, 0.1) is 17.6 Å². The second-order valence-corrected chi connectivity index (χ2v) is 5.15. The maximum absolute atomic E-state index is 13.7. The van der Waals surface area contributed by atoms with Crippen molar-refractivity contribution in [2.24, 2.45) is 5.92 Å². The standard InChI is InChI=1S/C12H13BrF2N2O3/c1-6(11(18)19)5-17(2)12(20)16-9-4-7(14)3-8(13)10(9)15/h3-4,6H,5H2,1-2H3,(H,16,20)(H,18,19). The first-order valence-electron chi connectivity index (χ1n) is 5.61. The van der Waals surface area contributed by atoms with E-state index >= 15 is 0 Å². The van der Waals surface area contributed by atoms with Crippen molar-refractivity contribution >= 4 is 33.6 Å². The highest BCUT2D eigenvalue weighted by Crippen LogP contribution is 2.24. The minimum absolute atomic E-state index is 0.0563. The molecule has 0 aliphatic rings. The van der Waals surface area contributed by atoms with Gasteiger partial charge in [-0.15, -0.1) is 0 Å². The Hall–Kier alpha value is -1.70. The Morgan fingerprint density at radius 3 is 2.60 bits per heavy atom. The molecule has 0 heterocycles. The fraction of sp³-hybridized carbons (Fsp3) is 0.333. The van der Waals surface area contributed by atoms with Crippen LogP contribution in [0.5, 0.6) is 0 Å². The Bertz CT molecular complexity index is 540. The predicted octanol–water partition coefficient (Wildman–Crippen LogP) is 2.91. The van der Waals surface area contributed by atoms with Crippen LogP contribution in [0.4, 0.5) is 19.3 Å². The molecule has 0 aliphatic heterocycles. The van der Waals surface area contributed by atoms with Gasteiger partial charge in [0.1, 0.15) is 5.82 Å². The minimum atomic E-state index is -1.05. The monoisotopic (exact) mass is 350 g/mol. The summed E-state index contributed by atoms with van der Waals surface area (Å²) in [4.78, 5) is 23.5. The average Bonchev–Trinajstić information content (AvgIpc) is 2.34. The number of amides is 2. The third-order valence-corrected chi connectivity index (χ3v) is 3.13. The van der Waals surface area contributed by atoms with Crippen LogP contribution in [-0.4, -0.2) is 35.6 Å². The van der Waals surface area contributed by atoms with Gasteiger partial charge in [0.15, 0.2) is 5.82 Å². The van der Waals surface area contributed by atoms with Gasteiger partial charge in [0, 0.05) is 19.7 Å². The second-order valence-electron chi connectivity index (χ2n) is 4.30. The number of rotatable bonds is 4. The van der Waals surface area contributed by atoms with Gasteiger partial charge in [-0.1, -0.05) is 6.92 Å². The second kappa shape index (κ2) is 6.65. The van der Waals surface area contributed by atoms with Crippen LogP contribution in [0.2, 0.25) is 0 Å². The van der Waals surface area contributed by atoms with Crippen molar-refractivity contribution in [3.63, 3.8) is 0 Å². The van der Waals surface area contributed by atoms with Crippen molar-refractivity contribution in [1.82, 2.24) is 4.90 Å². The fourth-order valence-electron chi connectivity index (χ4n) is 1.43. The highest BCUT2D eigenvalue weighted by molar-refractivity contribution is 9.10. The molecule has 0 bridgehead atoms. The normalized spacial score (nSPS) is 11.8. The van der Waals surface area contributed by atoms with Gasteiger partial charge >= 0.3 is 12.0 Å². The summed E-state index contributed by atoms with van der Waals surface area (Å²) in [6, 6.07) is 1.04. The summed E-state index contributed by atoms with van der Waals surface area (Å²) in [5.41, 5.74) is -0.322. The largest absolute Gasteiger partial charge is 0.481 e. The van der Waals surface area contributed by atoms with E-state index < -0.39 is 29.6 Å². The number of aliphatic carboxylic acids is 1. The van der Waals surface area contributed by atoms with Crippen molar-refractivity contribution in [2.75, 3.05) is 18.9 Å². The fourth-order valence-corrected chi connectivity index (χ4v) is 1.86. The summed E-state index contributed by atoms with van der Waals surface area (Å²) in [7, 11) is 1.36. The zero-order valence-electron chi connectivity index (χ0n) is 10.8. The quantitative estimate of drug-likeness (QED) is 0.820. The Labute approximate surface area is 122 Å². The first kappa shape index (κ1) is 16.4. The smallest absolute Gasteiger partial charge is 0.321 e. The third kappa shape index (κ3) is 4.16. The molecule has 1 rings (SSSR count). The molecule has 0 fully saturated rings. The highest BCUT2D eigenvalue weighted by atomic mass is 79.9. The number of carbonyl (C=O) groups is 2. The van der Waals surface area contributed by atoms with Crippen LogP contribution < -0.4 is 5.32 Å². The number of hydrogen-bond acceptors (Lipinski definition) is 2. The Kier molecular flexibility index (Phi) is 5.43. The molecular formula is C12H13BrF2N2O3. The highest BCUT2D eigenvalue weighted by Gasteiger charge is 2.19. The van der Waals surface area contributed by atoms with E-state index in [1.807, 2.05) is 0 Å². The van der Waals surface area contributed by atoms with Crippen LogP contribution in [0.1, 0.15) is 6.92 Å². The molecule has 2 amide bonds. The molecule has 0 saturated heterocycles. The number of carboxylic acid groups (broad SMARTS) is 1. The van der Waals surface area contributed by atoms with E-state index in [2.05, 4.69) is 21.2 Å². The van der Waals surface area contributed by atoms with Crippen molar-refractivity contribution in [1.29, 1.82) is 0 Å². The van der Waals surface area contributed by atoms with E-state index in [1.54, 1.807) is 0 Å². The van der Waals surface area contributed by atoms with Gasteiger partial charge in [-0.2, -0.15) is 0 Å². The SMILES string of the molecule is CC(CN(C)C(=O)Nc1cc(F)cc(Br)c1F)C(=O)O. The van der Waals surface area contributed by atoms with Crippen LogP contribution in [-0.2, 0) is 4.79 Å². The van der Waals surface area contributed by atoms with Gasteiger partial charge < -0.3 is 15.3 Å². The summed E-state index contributed by atoms with van der Waals surface area (Å²) < 4.78 is 26.7. The molecule has 8 heteroatoms. The lowest BCUT2D eigenvalue weighted by Gasteiger charge is -2.20. The molecule has 0 spiro atoms. The number of nitrogens with zero attached hydrogens (tertiary/aromatic N) is 1. The zero-order chi connectivity index (χ0) is 15.4. The molecular weight excluding hydrogens is 338 g/mol.